The van der Waals surface area contributed by atoms with Crippen LogP contribution >= 0.6 is 0 Å². The van der Waals surface area contributed by atoms with Crippen LogP contribution in [-0.2, 0) is 0 Å². The molecule has 0 fully saturated rings. The van der Waals surface area contributed by atoms with Gasteiger partial charge in [0.1, 0.15) is 11.4 Å². The van der Waals surface area contributed by atoms with Gasteiger partial charge in [-0.2, -0.15) is 0 Å². The highest BCUT2D eigenvalue weighted by atomic mass is 16.5. The number of aromatic nitrogens is 1. The van der Waals surface area contributed by atoms with E-state index in [9.17, 15) is 4.79 Å². The van der Waals surface area contributed by atoms with Crippen LogP contribution in [0.15, 0.2) is 30.3 Å². The number of carbonyl (C=O) groups excluding carboxylic acids is 1. The Balaban J connectivity index is 1.96. The summed E-state index contributed by atoms with van der Waals surface area (Å²) in [5, 5.41) is 3.81. The Bertz CT molecular complexity index is 968. The Morgan fingerprint density at radius 2 is 1.59 bits per heavy atom. The molecule has 7 heteroatoms. The van der Waals surface area contributed by atoms with Crippen molar-refractivity contribution in [3.05, 3.63) is 41.6 Å². The van der Waals surface area contributed by atoms with Crippen molar-refractivity contribution in [3.8, 4) is 23.0 Å². The van der Waals surface area contributed by atoms with Crippen molar-refractivity contribution in [1.82, 2.24) is 4.98 Å². The maximum atomic E-state index is 12.8. The van der Waals surface area contributed by atoms with Crippen molar-refractivity contribution in [3.63, 3.8) is 0 Å². The van der Waals surface area contributed by atoms with E-state index in [-0.39, 0.29) is 5.91 Å². The first kappa shape index (κ1) is 18.4. The number of benzene rings is 2. The molecule has 1 aromatic heterocycles. The predicted molar refractivity (Wildman–Crippen MR) is 104 cm³/mol. The third-order valence-corrected chi connectivity index (χ3v) is 4.42. The van der Waals surface area contributed by atoms with Crippen LogP contribution in [0.1, 0.15) is 16.1 Å². The van der Waals surface area contributed by atoms with E-state index in [4.69, 9.17) is 18.9 Å². The summed E-state index contributed by atoms with van der Waals surface area (Å²) in [5.41, 5.74) is 2.72. The van der Waals surface area contributed by atoms with Crippen LogP contribution in [-0.4, -0.2) is 39.3 Å². The number of anilines is 1. The highest BCUT2D eigenvalue weighted by molar-refractivity contribution is 6.08. The molecule has 0 unspecified atom stereocenters. The molecule has 1 heterocycles. The standard InChI is InChI=1S/C20H22N2O5/c1-11-14-10-13(24-2)6-7-15(14)22-18(11)20(23)21-12-8-16(25-3)19(27-5)17(9-12)26-4/h6-10,22H,1-5H3,(H,21,23). The Kier molecular flexibility index (Phi) is 5.12. The SMILES string of the molecule is COc1ccc2[nH]c(C(=O)Nc3cc(OC)c(OC)c(OC)c3)c(C)c2c1. The minimum absolute atomic E-state index is 0.267. The van der Waals surface area contributed by atoms with E-state index in [0.29, 0.717) is 28.6 Å². The number of rotatable bonds is 6. The molecule has 0 saturated heterocycles. The Morgan fingerprint density at radius 3 is 2.15 bits per heavy atom. The lowest BCUT2D eigenvalue weighted by molar-refractivity contribution is 0.102. The lowest BCUT2D eigenvalue weighted by Crippen LogP contribution is -2.14. The largest absolute Gasteiger partial charge is 0.497 e. The van der Waals surface area contributed by atoms with Crippen LogP contribution in [0, 0.1) is 6.92 Å². The van der Waals surface area contributed by atoms with Crippen LogP contribution in [0.3, 0.4) is 0 Å². The number of fused-ring (bicyclic) bond motifs is 1. The molecule has 27 heavy (non-hydrogen) atoms. The molecule has 142 valence electrons. The van der Waals surface area contributed by atoms with Gasteiger partial charge in [-0.3, -0.25) is 4.79 Å². The van der Waals surface area contributed by atoms with Crippen molar-refractivity contribution in [2.45, 2.75) is 6.92 Å². The number of aromatic amines is 1. The molecule has 0 saturated carbocycles. The zero-order valence-corrected chi connectivity index (χ0v) is 15.9. The van der Waals surface area contributed by atoms with Crippen molar-refractivity contribution >= 4 is 22.5 Å². The second kappa shape index (κ2) is 7.49. The second-order valence-electron chi connectivity index (χ2n) is 5.90. The summed E-state index contributed by atoms with van der Waals surface area (Å²) in [6.07, 6.45) is 0. The van der Waals surface area contributed by atoms with Crippen LogP contribution in [0.4, 0.5) is 5.69 Å². The van der Waals surface area contributed by atoms with Gasteiger partial charge in [-0.1, -0.05) is 0 Å². The Morgan fingerprint density at radius 1 is 0.926 bits per heavy atom. The third-order valence-electron chi connectivity index (χ3n) is 4.42. The highest BCUT2D eigenvalue weighted by Crippen LogP contribution is 2.40. The molecule has 0 spiro atoms. The van der Waals surface area contributed by atoms with Gasteiger partial charge in [0.05, 0.1) is 28.4 Å². The number of methoxy groups -OCH3 is 4. The first-order valence-corrected chi connectivity index (χ1v) is 8.30. The summed E-state index contributed by atoms with van der Waals surface area (Å²) in [7, 11) is 6.19. The second-order valence-corrected chi connectivity index (χ2v) is 5.90. The molecule has 0 bridgehead atoms. The van der Waals surface area contributed by atoms with Crippen molar-refractivity contribution in [1.29, 1.82) is 0 Å². The van der Waals surface area contributed by atoms with Gasteiger partial charge in [-0.05, 0) is 30.7 Å². The van der Waals surface area contributed by atoms with Gasteiger partial charge in [-0.25, -0.2) is 0 Å². The van der Waals surface area contributed by atoms with Gasteiger partial charge >= 0.3 is 0 Å². The lowest BCUT2D eigenvalue weighted by Gasteiger charge is -2.14. The minimum atomic E-state index is -0.267. The molecule has 0 radical (unpaired) electrons. The maximum absolute atomic E-state index is 12.8. The maximum Gasteiger partial charge on any atom is 0.272 e. The summed E-state index contributed by atoms with van der Waals surface area (Å²) in [4.78, 5) is 16.0. The van der Waals surface area contributed by atoms with Crippen LogP contribution in [0.25, 0.3) is 10.9 Å². The number of nitrogens with one attached hydrogen (secondary N) is 2. The van der Waals surface area contributed by atoms with Crippen molar-refractivity contribution in [2.75, 3.05) is 33.8 Å². The molecule has 0 aliphatic rings. The van der Waals surface area contributed by atoms with E-state index in [0.717, 1.165) is 22.2 Å². The predicted octanol–water partition coefficient (Wildman–Crippen LogP) is 3.76. The molecule has 3 rings (SSSR count). The molecule has 0 atom stereocenters. The molecule has 0 aliphatic carbocycles. The van der Waals surface area contributed by atoms with E-state index in [2.05, 4.69) is 10.3 Å². The summed E-state index contributed by atoms with van der Waals surface area (Å²) >= 11 is 0. The van der Waals surface area contributed by atoms with Gasteiger partial charge in [-0.15, -0.1) is 0 Å². The fraction of sp³-hybridized carbons (Fsp3) is 0.250. The summed E-state index contributed by atoms with van der Waals surface area (Å²) in [6.45, 7) is 1.89. The third kappa shape index (κ3) is 3.36. The Labute approximate surface area is 157 Å². The van der Waals surface area contributed by atoms with Crippen LogP contribution in [0.2, 0.25) is 0 Å². The summed E-state index contributed by atoms with van der Waals surface area (Å²) in [5.74, 6) is 1.86. The first-order valence-electron chi connectivity index (χ1n) is 8.30. The number of hydrogen-bond donors (Lipinski definition) is 2. The zero-order valence-electron chi connectivity index (χ0n) is 15.9. The van der Waals surface area contributed by atoms with Crippen molar-refractivity contribution < 1.29 is 23.7 Å². The van der Waals surface area contributed by atoms with Crippen molar-refractivity contribution in [2.24, 2.45) is 0 Å². The quantitative estimate of drug-likeness (QED) is 0.690. The zero-order chi connectivity index (χ0) is 19.6. The van der Waals surface area contributed by atoms with Crippen LogP contribution in [0.5, 0.6) is 23.0 Å². The monoisotopic (exact) mass is 370 g/mol. The molecule has 2 aromatic carbocycles. The van der Waals surface area contributed by atoms with E-state index in [1.807, 2.05) is 25.1 Å². The number of amides is 1. The van der Waals surface area contributed by atoms with Gasteiger partial charge in [0, 0.05) is 28.7 Å². The van der Waals surface area contributed by atoms with Gasteiger partial charge in [0.25, 0.3) is 5.91 Å². The Hall–Kier alpha value is -3.35. The normalized spacial score (nSPS) is 10.6. The van der Waals surface area contributed by atoms with Gasteiger partial charge in [0.15, 0.2) is 11.5 Å². The minimum Gasteiger partial charge on any atom is -0.497 e. The summed E-state index contributed by atoms with van der Waals surface area (Å²) < 4.78 is 21.2. The molecule has 2 N–H and O–H groups in total. The topological polar surface area (TPSA) is 81.8 Å². The number of carbonyl (C=O) groups is 1. The highest BCUT2D eigenvalue weighted by Gasteiger charge is 2.18. The van der Waals surface area contributed by atoms with E-state index >= 15 is 0 Å². The fourth-order valence-electron chi connectivity index (χ4n) is 3.01. The lowest BCUT2D eigenvalue weighted by atomic mass is 10.1. The fourth-order valence-corrected chi connectivity index (χ4v) is 3.01. The van der Waals surface area contributed by atoms with Gasteiger partial charge < -0.3 is 29.2 Å². The summed E-state index contributed by atoms with van der Waals surface area (Å²) in [6, 6.07) is 8.99. The molecular weight excluding hydrogens is 348 g/mol. The number of aryl methyl sites for hydroxylation is 1. The molecule has 3 aromatic rings. The average molecular weight is 370 g/mol. The molecule has 1 amide bonds. The van der Waals surface area contributed by atoms with Crippen LogP contribution < -0.4 is 24.3 Å². The molecule has 0 aliphatic heterocycles. The smallest absolute Gasteiger partial charge is 0.272 e. The number of H-pyrrole nitrogens is 1. The number of hydrogen-bond acceptors (Lipinski definition) is 5. The van der Waals surface area contributed by atoms with E-state index in [1.165, 1.54) is 21.3 Å². The first-order chi connectivity index (χ1) is 13.0. The molecular formula is C20H22N2O5. The van der Waals surface area contributed by atoms with E-state index < -0.39 is 0 Å². The van der Waals surface area contributed by atoms with Gasteiger partial charge in [0.2, 0.25) is 5.75 Å². The van der Waals surface area contributed by atoms with E-state index in [1.54, 1.807) is 19.2 Å². The average Bonchev–Trinajstić information content (AvgIpc) is 3.03. The molecule has 7 nitrogen and oxygen atoms in total. The number of ether oxygens (including phenoxy) is 4.